The van der Waals surface area contributed by atoms with Gasteiger partial charge in [0.1, 0.15) is 4.90 Å². The van der Waals surface area contributed by atoms with Crippen molar-refractivity contribution in [1.29, 1.82) is 0 Å². The zero-order valence-electron chi connectivity index (χ0n) is 11.9. The second-order valence-corrected chi connectivity index (χ2v) is 7.56. The van der Waals surface area contributed by atoms with E-state index in [1.165, 1.54) is 4.31 Å². The number of benzene rings is 1. The van der Waals surface area contributed by atoms with Gasteiger partial charge in [-0.2, -0.15) is 4.31 Å². The van der Waals surface area contributed by atoms with Crippen LogP contribution in [0.15, 0.2) is 23.1 Å². The quantitative estimate of drug-likeness (QED) is 0.764. The molecule has 0 aliphatic carbocycles. The van der Waals surface area contributed by atoms with Crippen molar-refractivity contribution in [3.8, 4) is 0 Å². The molecule has 2 rings (SSSR count). The summed E-state index contributed by atoms with van der Waals surface area (Å²) >= 11 is 11.9. The summed E-state index contributed by atoms with van der Waals surface area (Å²) in [4.78, 5) is 0.125. The van der Waals surface area contributed by atoms with Gasteiger partial charge in [-0.25, -0.2) is 8.42 Å². The fourth-order valence-electron chi connectivity index (χ4n) is 2.46. The van der Waals surface area contributed by atoms with Crippen molar-refractivity contribution in [2.24, 2.45) is 0 Å². The molecule has 0 aromatic heterocycles. The summed E-state index contributed by atoms with van der Waals surface area (Å²) in [5.41, 5.74) is 0.734. The van der Waals surface area contributed by atoms with E-state index >= 15 is 0 Å². The first-order valence-corrected chi connectivity index (χ1v) is 9.30. The highest BCUT2D eigenvalue weighted by atomic mass is 35.5. The van der Waals surface area contributed by atoms with Gasteiger partial charge >= 0.3 is 0 Å². The minimum atomic E-state index is -3.61. The lowest BCUT2D eigenvalue weighted by molar-refractivity contribution is 0.0265. The van der Waals surface area contributed by atoms with Crippen molar-refractivity contribution in [1.82, 2.24) is 4.31 Å². The molecule has 7 heteroatoms. The molecule has 1 aliphatic heterocycles. The predicted molar refractivity (Wildman–Crippen MR) is 84.4 cm³/mol. The van der Waals surface area contributed by atoms with E-state index in [-0.39, 0.29) is 21.9 Å². The molecule has 1 heterocycles. The third-order valence-electron chi connectivity index (χ3n) is 3.51. The van der Waals surface area contributed by atoms with E-state index in [1.54, 1.807) is 18.2 Å². The van der Waals surface area contributed by atoms with Gasteiger partial charge in [-0.1, -0.05) is 17.7 Å². The molecule has 0 N–H and O–H groups in total. The summed E-state index contributed by atoms with van der Waals surface area (Å²) in [5.74, 6) is 0.251. The second kappa shape index (κ2) is 7.29. The van der Waals surface area contributed by atoms with Gasteiger partial charge in [0.15, 0.2) is 0 Å². The van der Waals surface area contributed by atoms with E-state index in [2.05, 4.69) is 0 Å². The van der Waals surface area contributed by atoms with Crippen LogP contribution in [-0.4, -0.2) is 38.5 Å². The van der Waals surface area contributed by atoms with E-state index in [1.807, 2.05) is 6.92 Å². The van der Waals surface area contributed by atoms with Crippen molar-refractivity contribution < 1.29 is 13.2 Å². The van der Waals surface area contributed by atoms with Crippen LogP contribution in [0, 0.1) is 0 Å². The fourth-order valence-corrected chi connectivity index (χ4v) is 4.66. The van der Waals surface area contributed by atoms with Crippen LogP contribution in [-0.2, 0) is 20.6 Å². The molecule has 4 nitrogen and oxygen atoms in total. The number of sulfonamides is 1. The second-order valence-electron chi connectivity index (χ2n) is 4.98. The van der Waals surface area contributed by atoms with Crippen LogP contribution in [0.5, 0.6) is 0 Å². The van der Waals surface area contributed by atoms with E-state index < -0.39 is 10.0 Å². The van der Waals surface area contributed by atoms with Crippen molar-refractivity contribution >= 4 is 33.2 Å². The van der Waals surface area contributed by atoms with Gasteiger partial charge in [-0.05, 0) is 37.5 Å². The monoisotopic (exact) mass is 351 g/mol. The molecule has 0 radical (unpaired) electrons. The number of rotatable bonds is 5. The fraction of sp³-hybridized carbons (Fsp3) is 0.571. The molecular formula is C14H19Cl2NO3S. The third-order valence-corrected chi connectivity index (χ3v) is 6.17. The molecule has 1 unspecified atom stereocenters. The number of halogens is 2. The zero-order chi connectivity index (χ0) is 15.5. The Morgan fingerprint density at radius 2 is 2.19 bits per heavy atom. The van der Waals surface area contributed by atoms with E-state index in [9.17, 15) is 8.42 Å². The Labute approximate surface area is 136 Å². The average molecular weight is 352 g/mol. The molecule has 0 amide bonds. The van der Waals surface area contributed by atoms with Gasteiger partial charge in [0, 0.05) is 25.6 Å². The maximum Gasteiger partial charge on any atom is 0.244 e. The minimum absolute atomic E-state index is 0.0477. The molecule has 0 saturated carbocycles. The largest absolute Gasteiger partial charge is 0.377 e. The number of nitrogens with zero attached hydrogens (tertiary/aromatic N) is 1. The van der Waals surface area contributed by atoms with Crippen LogP contribution in [0.3, 0.4) is 0 Å². The number of hydrogen-bond donors (Lipinski definition) is 0. The van der Waals surface area contributed by atoms with Crippen molar-refractivity contribution in [2.75, 3.05) is 19.7 Å². The minimum Gasteiger partial charge on any atom is -0.377 e. The van der Waals surface area contributed by atoms with Gasteiger partial charge in [0.05, 0.1) is 11.1 Å². The summed E-state index contributed by atoms with van der Waals surface area (Å²) in [6.45, 7) is 3.36. The highest BCUT2D eigenvalue weighted by Gasteiger charge is 2.32. The first-order valence-electron chi connectivity index (χ1n) is 6.95. The Kier molecular flexibility index (Phi) is 5.91. The van der Waals surface area contributed by atoms with Crippen molar-refractivity contribution in [3.05, 3.63) is 28.8 Å². The topological polar surface area (TPSA) is 46.6 Å². The molecular weight excluding hydrogens is 333 g/mol. The lowest BCUT2D eigenvalue weighted by atomic mass is 10.1. The van der Waals surface area contributed by atoms with Crippen molar-refractivity contribution in [3.63, 3.8) is 0 Å². The van der Waals surface area contributed by atoms with E-state index in [4.69, 9.17) is 27.9 Å². The molecule has 0 bridgehead atoms. The number of hydrogen-bond acceptors (Lipinski definition) is 3. The smallest absolute Gasteiger partial charge is 0.244 e. The van der Waals surface area contributed by atoms with Gasteiger partial charge in [-0.3, -0.25) is 0 Å². The van der Waals surface area contributed by atoms with E-state index in [0.717, 1.165) is 18.4 Å². The summed E-state index contributed by atoms with van der Waals surface area (Å²) in [5, 5.41) is 0.224. The number of alkyl halides is 1. The Morgan fingerprint density at radius 1 is 1.43 bits per heavy atom. The summed E-state index contributed by atoms with van der Waals surface area (Å²) < 4.78 is 32.6. The van der Waals surface area contributed by atoms with Crippen LogP contribution in [0.4, 0.5) is 0 Å². The van der Waals surface area contributed by atoms with E-state index in [0.29, 0.717) is 19.7 Å². The maximum atomic E-state index is 12.8. The predicted octanol–water partition coefficient (Wildman–Crippen LogP) is 3.27. The molecule has 1 fully saturated rings. The van der Waals surface area contributed by atoms with Crippen LogP contribution in [0.1, 0.15) is 25.3 Å². The normalized spacial score (nSPS) is 20.6. The lowest BCUT2D eigenvalue weighted by Gasteiger charge is -2.31. The first kappa shape index (κ1) is 17.0. The molecule has 21 heavy (non-hydrogen) atoms. The highest BCUT2D eigenvalue weighted by molar-refractivity contribution is 7.89. The molecule has 1 atom stereocenters. The summed E-state index contributed by atoms with van der Waals surface area (Å²) in [6.07, 6.45) is 1.62. The highest BCUT2D eigenvalue weighted by Crippen LogP contribution is 2.28. The third kappa shape index (κ3) is 3.90. The van der Waals surface area contributed by atoms with Gasteiger partial charge in [-0.15, -0.1) is 11.6 Å². The van der Waals surface area contributed by atoms with Gasteiger partial charge in [0.2, 0.25) is 10.0 Å². The Balaban J connectivity index is 2.29. The Hall–Kier alpha value is -0.330. The summed E-state index contributed by atoms with van der Waals surface area (Å²) in [6, 6.07) is 4.86. The molecule has 118 valence electrons. The zero-order valence-corrected chi connectivity index (χ0v) is 14.2. The van der Waals surface area contributed by atoms with Crippen LogP contribution < -0.4 is 0 Å². The first-order chi connectivity index (χ1) is 9.98. The van der Waals surface area contributed by atoms with Gasteiger partial charge < -0.3 is 4.74 Å². The Morgan fingerprint density at radius 3 is 2.86 bits per heavy atom. The Bertz CT molecular complexity index is 590. The molecule has 1 aliphatic rings. The lowest BCUT2D eigenvalue weighted by Crippen LogP contribution is -2.43. The van der Waals surface area contributed by atoms with Crippen molar-refractivity contribution in [2.45, 2.75) is 36.6 Å². The average Bonchev–Trinajstić information content (AvgIpc) is 2.48. The molecule has 1 saturated heterocycles. The van der Waals surface area contributed by atoms with Crippen LogP contribution in [0.25, 0.3) is 0 Å². The van der Waals surface area contributed by atoms with Crippen LogP contribution >= 0.6 is 23.2 Å². The number of piperidine rings is 1. The molecule has 1 aromatic carbocycles. The standard InChI is InChI=1S/C14H19Cl2NO3S/c1-2-20-12-4-3-7-17(10-12)21(18,19)14-8-11(9-15)5-6-13(14)16/h5-6,8,12H,2-4,7,9-10H2,1H3. The molecule has 0 spiro atoms. The maximum absolute atomic E-state index is 12.8. The van der Waals surface area contributed by atoms with Crippen LogP contribution in [0.2, 0.25) is 5.02 Å². The SMILES string of the molecule is CCOC1CCCN(S(=O)(=O)c2cc(CCl)ccc2Cl)C1. The summed E-state index contributed by atoms with van der Waals surface area (Å²) in [7, 11) is -3.61. The van der Waals surface area contributed by atoms with Gasteiger partial charge in [0.25, 0.3) is 0 Å². The number of ether oxygens (including phenoxy) is 1. The molecule has 1 aromatic rings.